The van der Waals surface area contributed by atoms with E-state index in [0.29, 0.717) is 0 Å². The summed E-state index contributed by atoms with van der Waals surface area (Å²) in [4.78, 5) is 12.9. The predicted molar refractivity (Wildman–Crippen MR) is 105 cm³/mol. The Kier molecular flexibility index (Phi) is 5.98. The van der Waals surface area contributed by atoms with Crippen molar-refractivity contribution in [1.29, 1.82) is 0 Å². The van der Waals surface area contributed by atoms with E-state index in [1.807, 2.05) is 22.9 Å². The third-order valence-corrected chi connectivity index (χ3v) is 6.08. The second-order valence-electron chi connectivity index (χ2n) is 8.12. The lowest BCUT2D eigenvalue weighted by atomic mass is 9.92. The zero-order valence-electron chi connectivity index (χ0n) is 17.2. The number of hydrogen-bond acceptors (Lipinski definition) is 5. The van der Waals surface area contributed by atoms with Crippen LogP contribution in [0.3, 0.4) is 0 Å². The first-order valence-electron chi connectivity index (χ1n) is 9.94. The van der Waals surface area contributed by atoms with Crippen LogP contribution in [0.4, 0.5) is 0 Å². The summed E-state index contributed by atoms with van der Waals surface area (Å²) in [6.07, 6.45) is 2.45. The van der Waals surface area contributed by atoms with Crippen LogP contribution in [-0.4, -0.2) is 46.3 Å². The molecule has 3 N–H and O–H groups in total. The number of tetrazole rings is 1. The fourth-order valence-electron chi connectivity index (χ4n) is 3.96. The number of para-hydroxylation sites is 1. The number of nitrogens with one attached hydrogen (secondary N) is 1. The molecule has 152 valence electrons. The average molecular weight is 388 g/mol. The molecule has 8 heteroatoms. The SMILES string of the molecule is CCC(C)(C)n1nnnc1[C@@H](c1ccccc1OC)[NH+]1CCC(C(N)=O)CC1. The molecule has 0 bridgehead atoms. The first-order chi connectivity index (χ1) is 13.4. The van der Waals surface area contributed by atoms with E-state index >= 15 is 0 Å². The van der Waals surface area contributed by atoms with Crippen LogP contribution in [0.25, 0.3) is 0 Å². The molecule has 28 heavy (non-hydrogen) atoms. The average Bonchev–Trinajstić information content (AvgIpc) is 3.19. The van der Waals surface area contributed by atoms with E-state index in [4.69, 9.17) is 10.5 Å². The fraction of sp³-hybridized carbons (Fsp3) is 0.600. The van der Waals surface area contributed by atoms with Gasteiger partial charge in [-0.15, -0.1) is 5.10 Å². The number of rotatable bonds is 7. The Bertz CT molecular complexity index is 811. The lowest BCUT2D eigenvalue weighted by Gasteiger charge is -2.35. The first-order valence-corrected chi connectivity index (χ1v) is 9.94. The Morgan fingerprint density at radius 2 is 2.04 bits per heavy atom. The Balaban J connectivity index is 2.05. The topological polar surface area (TPSA) is 100 Å². The summed E-state index contributed by atoms with van der Waals surface area (Å²) in [5.41, 5.74) is 6.39. The van der Waals surface area contributed by atoms with E-state index < -0.39 is 0 Å². The number of ether oxygens (including phenoxy) is 1. The van der Waals surface area contributed by atoms with Gasteiger partial charge in [-0.2, -0.15) is 0 Å². The molecule has 2 heterocycles. The summed E-state index contributed by atoms with van der Waals surface area (Å²) in [7, 11) is 1.68. The van der Waals surface area contributed by atoms with Crippen molar-refractivity contribution in [2.24, 2.45) is 11.7 Å². The van der Waals surface area contributed by atoms with E-state index in [1.54, 1.807) is 7.11 Å². The number of amides is 1. The third kappa shape index (κ3) is 3.87. The Hall–Kier alpha value is -2.48. The molecule has 1 atom stereocenters. The third-order valence-electron chi connectivity index (χ3n) is 6.08. The van der Waals surface area contributed by atoms with E-state index in [1.165, 1.54) is 4.90 Å². The number of quaternary nitrogens is 1. The molecule has 1 amide bonds. The number of nitrogens with two attached hydrogens (primary N) is 1. The van der Waals surface area contributed by atoms with Crippen LogP contribution >= 0.6 is 0 Å². The number of hydrogen-bond donors (Lipinski definition) is 2. The standard InChI is InChI=1S/C20H30N6O2/c1-5-20(2,3)26-19(22-23-24-26)17(15-8-6-7-9-16(15)28-4)25-12-10-14(11-13-25)18(21)27/h6-9,14,17H,5,10-13H2,1-4H3,(H2,21,27)/p+1/t17-/m1/s1. The first kappa shape index (κ1) is 20.3. The number of aromatic nitrogens is 4. The molecule has 1 fully saturated rings. The van der Waals surface area contributed by atoms with Crippen molar-refractivity contribution in [3.8, 4) is 5.75 Å². The van der Waals surface area contributed by atoms with Gasteiger partial charge in [0.15, 0.2) is 6.04 Å². The number of benzene rings is 1. The van der Waals surface area contributed by atoms with Gasteiger partial charge in [-0.05, 0) is 42.8 Å². The number of carbonyl (C=O) groups excluding carboxylic acids is 1. The van der Waals surface area contributed by atoms with Gasteiger partial charge in [0.25, 0.3) is 0 Å². The zero-order chi connectivity index (χ0) is 20.3. The summed E-state index contributed by atoms with van der Waals surface area (Å²) in [5.74, 6) is 1.39. The molecule has 0 saturated carbocycles. The van der Waals surface area contributed by atoms with Gasteiger partial charge in [-0.25, -0.2) is 4.68 Å². The Labute approximate surface area is 166 Å². The van der Waals surface area contributed by atoms with E-state index in [0.717, 1.165) is 49.5 Å². The quantitative estimate of drug-likeness (QED) is 0.728. The van der Waals surface area contributed by atoms with E-state index in [-0.39, 0.29) is 23.4 Å². The number of likely N-dealkylation sites (tertiary alicyclic amines) is 1. The van der Waals surface area contributed by atoms with Gasteiger partial charge in [-0.1, -0.05) is 19.1 Å². The van der Waals surface area contributed by atoms with Gasteiger partial charge in [0, 0.05) is 18.8 Å². The normalized spacial score (nSPS) is 21.3. The summed E-state index contributed by atoms with van der Waals surface area (Å²) >= 11 is 0. The molecule has 1 aliphatic rings. The van der Waals surface area contributed by atoms with Crippen LogP contribution in [0, 0.1) is 5.92 Å². The molecular formula is C20H31N6O2+. The monoisotopic (exact) mass is 387 g/mol. The maximum Gasteiger partial charge on any atom is 0.220 e. The van der Waals surface area contributed by atoms with Gasteiger partial charge >= 0.3 is 0 Å². The lowest BCUT2D eigenvalue weighted by Crippen LogP contribution is -3.13. The van der Waals surface area contributed by atoms with E-state index in [9.17, 15) is 4.79 Å². The molecule has 0 spiro atoms. The highest BCUT2D eigenvalue weighted by molar-refractivity contribution is 5.76. The van der Waals surface area contributed by atoms with Crippen molar-refractivity contribution in [2.75, 3.05) is 20.2 Å². The number of carbonyl (C=O) groups is 1. The maximum absolute atomic E-state index is 11.6. The molecule has 3 rings (SSSR count). The van der Waals surface area contributed by atoms with Gasteiger partial charge in [0.2, 0.25) is 11.7 Å². The highest BCUT2D eigenvalue weighted by Gasteiger charge is 2.39. The summed E-state index contributed by atoms with van der Waals surface area (Å²) in [6.45, 7) is 8.07. The summed E-state index contributed by atoms with van der Waals surface area (Å²) in [5, 5.41) is 12.8. The number of nitrogens with zero attached hydrogens (tertiary/aromatic N) is 4. The molecule has 1 saturated heterocycles. The van der Waals surface area contributed by atoms with Crippen molar-refractivity contribution in [1.82, 2.24) is 20.2 Å². The summed E-state index contributed by atoms with van der Waals surface area (Å²) in [6, 6.07) is 7.95. The van der Waals surface area contributed by atoms with Crippen molar-refractivity contribution < 1.29 is 14.4 Å². The molecule has 0 aliphatic carbocycles. The van der Waals surface area contributed by atoms with Crippen LogP contribution in [0.5, 0.6) is 5.75 Å². The molecule has 0 radical (unpaired) electrons. The highest BCUT2D eigenvalue weighted by Crippen LogP contribution is 2.30. The van der Waals surface area contributed by atoms with Crippen LogP contribution in [0.2, 0.25) is 0 Å². The van der Waals surface area contributed by atoms with Crippen molar-refractivity contribution >= 4 is 5.91 Å². The Morgan fingerprint density at radius 1 is 1.36 bits per heavy atom. The molecule has 2 aromatic rings. The minimum atomic E-state index is -0.204. The van der Waals surface area contributed by atoms with Gasteiger partial charge < -0.3 is 15.4 Å². The van der Waals surface area contributed by atoms with Gasteiger partial charge in [0.05, 0.1) is 31.3 Å². The minimum absolute atomic E-state index is 0.0508. The van der Waals surface area contributed by atoms with Crippen LogP contribution in [-0.2, 0) is 10.3 Å². The van der Waals surface area contributed by atoms with Crippen LogP contribution < -0.4 is 15.4 Å². The number of piperidine rings is 1. The maximum atomic E-state index is 11.6. The molecule has 8 nitrogen and oxygen atoms in total. The second kappa shape index (κ2) is 8.26. The van der Waals surface area contributed by atoms with Crippen molar-refractivity contribution in [2.45, 2.75) is 51.6 Å². The Morgan fingerprint density at radius 3 is 2.64 bits per heavy atom. The van der Waals surface area contributed by atoms with Gasteiger partial charge in [-0.3, -0.25) is 4.79 Å². The van der Waals surface area contributed by atoms with Crippen molar-refractivity contribution in [3.05, 3.63) is 35.7 Å². The van der Waals surface area contributed by atoms with E-state index in [2.05, 4.69) is 42.4 Å². The zero-order valence-corrected chi connectivity index (χ0v) is 17.2. The van der Waals surface area contributed by atoms with Crippen LogP contribution in [0.15, 0.2) is 24.3 Å². The predicted octanol–water partition coefficient (Wildman–Crippen LogP) is 0.696. The molecule has 1 aromatic carbocycles. The second-order valence-corrected chi connectivity index (χ2v) is 8.12. The highest BCUT2D eigenvalue weighted by atomic mass is 16.5. The summed E-state index contributed by atoms with van der Waals surface area (Å²) < 4.78 is 7.60. The largest absolute Gasteiger partial charge is 0.496 e. The molecule has 0 unspecified atom stereocenters. The number of methoxy groups -OCH3 is 1. The minimum Gasteiger partial charge on any atom is -0.496 e. The molecule has 1 aliphatic heterocycles. The fourth-order valence-corrected chi connectivity index (χ4v) is 3.96. The van der Waals surface area contributed by atoms with Gasteiger partial charge in [0.1, 0.15) is 5.75 Å². The molecule has 1 aromatic heterocycles. The van der Waals surface area contributed by atoms with Crippen LogP contribution in [0.1, 0.15) is 57.5 Å². The van der Waals surface area contributed by atoms with Crippen molar-refractivity contribution in [3.63, 3.8) is 0 Å². The molecular weight excluding hydrogens is 356 g/mol. The lowest BCUT2D eigenvalue weighted by molar-refractivity contribution is -0.931. The smallest absolute Gasteiger partial charge is 0.220 e. The number of primary amides is 1.